The molecule has 0 spiro atoms. The van der Waals surface area contributed by atoms with Crippen molar-refractivity contribution in [3.63, 3.8) is 0 Å². The van der Waals surface area contributed by atoms with E-state index >= 15 is 0 Å². The molecule has 0 aliphatic heterocycles. The van der Waals surface area contributed by atoms with Crippen LogP contribution in [0.1, 0.15) is 24.9 Å². The lowest BCUT2D eigenvalue weighted by Crippen LogP contribution is -2.31. The summed E-state index contributed by atoms with van der Waals surface area (Å²) in [6, 6.07) is 13.5. The van der Waals surface area contributed by atoms with Crippen LogP contribution in [0.25, 0.3) is 0 Å². The second kappa shape index (κ2) is 9.44. The molecule has 2 aromatic carbocycles. The normalized spacial score (nSPS) is 11.7. The molecule has 1 amide bonds. The molecule has 2 N–H and O–H groups in total. The third-order valence-electron chi connectivity index (χ3n) is 3.87. The van der Waals surface area contributed by atoms with Crippen molar-refractivity contribution in [3.05, 3.63) is 52.5 Å². The fraction of sp³-hybridized carbons (Fsp3) is 0.316. The first kappa shape index (κ1) is 19.3. The first-order valence-electron chi connectivity index (χ1n) is 8.08. The Hall–Kier alpha value is -2.05. The van der Waals surface area contributed by atoms with Crippen LogP contribution in [-0.2, 0) is 4.79 Å². The Morgan fingerprint density at radius 1 is 1.12 bits per heavy atom. The van der Waals surface area contributed by atoms with Crippen molar-refractivity contribution >= 4 is 27.5 Å². The Morgan fingerprint density at radius 3 is 2.44 bits per heavy atom. The molecule has 0 fully saturated rings. The Bertz CT molecular complexity index is 704. The van der Waals surface area contributed by atoms with E-state index < -0.39 is 0 Å². The molecule has 0 heterocycles. The molecule has 2 rings (SSSR count). The first-order chi connectivity index (χ1) is 12.1. The molecular formula is C19H23BrN2O3. The van der Waals surface area contributed by atoms with Crippen LogP contribution in [0.2, 0.25) is 0 Å². The summed E-state index contributed by atoms with van der Waals surface area (Å²) in [6.07, 6.45) is 0.890. The summed E-state index contributed by atoms with van der Waals surface area (Å²) in [4.78, 5) is 12.3. The highest BCUT2D eigenvalue weighted by Crippen LogP contribution is 2.29. The van der Waals surface area contributed by atoms with E-state index in [4.69, 9.17) is 9.47 Å². The molecule has 0 aliphatic rings. The average Bonchev–Trinajstić information content (AvgIpc) is 2.63. The minimum absolute atomic E-state index is 0.122. The van der Waals surface area contributed by atoms with Crippen molar-refractivity contribution in [2.24, 2.45) is 0 Å². The Morgan fingerprint density at radius 2 is 1.84 bits per heavy atom. The number of carbonyl (C=O) groups excluding carboxylic acids is 1. The highest BCUT2D eigenvalue weighted by molar-refractivity contribution is 9.10. The quantitative estimate of drug-likeness (QED) is 0.691. The van der Waals surface area contributed by atoms with Gasteiger partial charge < -0.3 is 20.1 Å². The van der Waals surface area contributed by atoms with Gasteiger partial charge in [-0.05, 0) is 36.2 Å². The van der Waals surface area contributed by atoms with Gasteiger partial charge in [-0.25, -0.2) is 0 Å². The van der Waals surface area contributed by atoms with Crippen molar-refractivity contribution in [3.8, 4) is 11.5 Å². The van der Waals surface area contributed by atoms with E-state index in [0.29, 0.717) is 17.2 Å². The maximum absolute atomic E-state index is 12.3. The zero-order chi connectivity index (χ0) is 18.2. The first-order valence-corrected chi connectivity index (χ1v) is 8.87. The van der Waals surface area contributed by atoms with Crippen LogP contribution in [0.15, 0.2) is 46.9 Å². The number of hydrogen-bond donors (Lipinski definition) is 2. The fourth-order valence-corrected chi connectivity index (χ4v) is 2.77. The monoisotopic (exact) mass is 406 g/mol. The molecule has 0 aliphatic carbocycles. The van der Waals surface area contributed by atoms with Crippen molar-refractivity contribution in [2.75, 3.05) is 26.1 Å². The number of nitrogens with one attached hydrogen (secondary N) is 2. The van der Waals surface area contributed by atoms with E-state index in [9.17, 15) is 4.79 Å². The van der Waals surface area contributed by atoms with Crippen LogP contribution >= 0.6 is 15.9 Å². The van der Waals surface area contributed by atoms with Gasteiger partial charge in [-0.1, -0.05) is 35.0 Å². The lowest BCUT2D eigenvalue weighted by atomic mass is 10.0. The minimum atomic E-state index is -0.126. The summed E-state index contributed by atoms with van der Waals surface area (Å²) in [5, 5.41) is 6.16. The van der Waals surface area contributed by atoms with Gasteiger partial charge in [-0.3, -0.25) is 4.79 Å². The summed E-state index contributed by atoms with van der Waals surface area (Å²) in [6.45, 7) is 2.30. The number of rotatable bonds is 8. The average molecular weight is 407 g/mol. The third kappa shape index (κ3) is 5.47. The summed E-state index contributed by atoms with van der Waals surface area (Å²) in [7, 11) is 3.15. The van der Waals surface area contributed by atoms with Gasteiger partial charge in [0.25, 0.3) is 0 Å². The highest BCUT2D eigenvalue weighted by Gasteiger charge is 2.13. The molecule has 0 radical (unpaired) electrons. The summed E-state index contributed by atoms with van der Waals surface area (Å²) in [5.74, 6) is 1.11. The van der Waals surface area contributed by atoms with Crippen LogP contribution < -0.4 is 20.1 Å². The number of amides is 1. The van der Waals surface area contributed by atoms with Crippen LogP contribution in [0, 0.1) is 0 Å². The topological polar surface area (TPSA) is 59.6 Å². The van der Waals surface area contributed by atoms with Crippen molar-refractivity contribution in [1.82, 2.24) is 5.32 Å². The van der Waals surface area contributed by atoms with E-state index in [1.165, 1.54) is 0 Å². The molecule has 1 atom stereocenters. The third-order valence-corrected chi connectivity index (χ3v) is 4.40. The molecule has 0 unspecified atom stereocenters. The van der Waals surface area contributed by atoms with Crippen LogP contribution in [-0.4, -0.2) is 26.7 Å². The van der Waals surface area contributed by atoms with E-state index in [1.54, 1.807) is 32.4 Å². The van der Waals surface area contributed by atoms with Gasteiger partial charge in [0.2, 0.25) is 5.91 Å². The highest BCUT2D eigenvalue weighted by atomic mass is 79.9. The summed E-state index contributed by atoms with van der Waals surface area (Å²) < 4.78 is 11.5. The fourth-order valence-electron chi connectivity index (χ4n) is 2.51. The van der Waals surface area contributed by atoms with E-state index in [2.05, 4.69) is 45.6 Å². The molecule has 5 nitrogen and oxygen atoms in total. The Kier molecular flexibility index (Phi) is 7.28. The lowest BCUT2D eigenvalue weighted by molar-refractivity contribution is -0.115. The van der Waals surface area contributed by atoms with Crippen molar-refractivity contribution < 1.29 is 14.3 Å². The number of ether oxygens (including phenoxy) is 2. The number of carbonyl (C=O) groups is 1. The Labute approximate surface area is 156 Å². The molecular weight excluding hydrogens is 384 g/mol. The predicted molar refractivity (Wildman–Crippen MR) is 103 cm³/mol. The largest absolute Gasteiger partial charge is 0.497 e. The molecule has 0 saturated carbocycles. The van der Waals surface area contributed by atoms with Crippen LogP contribution in [0.5, 0.6) is 11.5 Å². The molecule has 6 heteroatoms. The second-order valence-electron chi connectivity index (χ2n) is 5.51. The Balaban J connectivity index is 1.96. The standard InChI is InChI=1S/C19H23BrN2O3/c1-4-16(13-5-7-14(20)8-6-13)21-12-19(23)22-17-10-9-15(24-2)11-18(17)25-3/h5-11,16,21H,4,12H2,1-3H3,(H,22,23)/t16-/m0/s1. The predicted octanol–water partition coefficient (Wildman–Crippen LogP) is 4.15. The number of halogens is 1. The molecule has 0 aromatic heterocycles. The van der Waals surface area contributed by atoms with Crippen LogP contribution in [0.4, 0.5) is 5.69 Å². The van der Waals surface area contributed by atoms with Gasteiger partial charge in [0.15, 0.2) is 0 Å². The number of hydrogen-bond acceptors (Lipinski definition) is 4. The number of methoxy groups -OCH3 is 2. The van der Waals surface area contributed by atoms with Gasteiger partial charge in [0.1, 0.15) is 11.5 Å². The summed E-state index contributed by atoms with van der Waals surface area (Å²) in [5.41, 5.74) is 1.77. The zero-order valence-corrected chi connectivity index (χ0v) is 16.2. The summed E-state index contributed by atoms with van der Waals surface area (Å²) >= 11 is 3.43. The maximum Gasteiger partial charge on any atom is 0.238 e. The van der Waals surface area contributed by atoms with E-state index in [-0.39, 0.29) is 18.5 Å². The van der Waals surface area contributed by atoms with E-state index in [1.807, 2.05) is 12.1 Å². The molecule has 0 saturated heterocycles. The van der Waals surface area contributed by atoms with Crippen LogP contribution in [0.3, 0.4) is 0 Å². The van der Waals surface area contributed by atoms with E-state index in [0.717, 1.165) is 16.5 Å². The molecule has 2 aromatic rings. The number of benzene rings is 2. The van der Waals surface area contributed by atoms with Gasteiger partial charge in [0, 0.05) is 16.6 Å². The van der Waals surface area contributed by atoms with Crippen molar-refractivity contribution in [1.29, 1.82) is 0 Å². The SMILES string of the molecule is CC[C@H](NCC(=O)Nc1ccc(OC)cc1OC)c1ccc(Br)cc1. The second-order valence-corrected chi connectivity index (χ2v) is 6.42. The smallest absolute Gasteiger partial charge is 0.238 e. The molecule has 25 heavy (non-hydrogen) atoms. The van der Waals surface area contributed by atoms with Crippen molar-refractivity contribution in [2.45, 2.75) is 19.4 Å². The lowest BCUT2D eigenvalue weighted by Gasteiger charge is -2.18. The van der Waals surface area contributed by atoms with Gasteiger partial charge in [-0.15, -0.1) is 0 Å². The zero-order valence-electron chi connectivity index (χ0n) is 14.6. The number of anilines is 1. The van der Waals surface area contributed by atoms with Gasteiger partial charge >= 0.3 is 0 Å². The molecule has 134 valence electrons. The minimum Gasteiger partial charge on any atom is -0.497 e. The molecule has 0 bridgehead atoms. The van der Waals surface area contributed by atoms with Gasteiger partial charge in [-0.2, -0.15) is 0 Å². The van der Waals surface area contributed by atoms with Gasteiger partial charge in [0.05, 0.1) is 26.5 Å². The maximum atomic E-state index is 12.3.